The van der Waals surface area contributed by atoms with Crippen molar-refractivity contribution in [2.45, 2.75) is 45.1 Å². The van der Waals surface area contributed by atoms with Gasteiger partial charge in [-0.3, -0.25) is 4.79 Å². The van der Waals surface area contributed by atoms with Crippen LogP contribution >= 0.6 is 15.9 Å². The van der Waals surface area contributed by atoms with Crippen molar-refractivity contribution >= 4 is 21.8 Å². The van der Waals surface area contributed by atoms with Gasteiger partial charge in [-0.1, -0.05) is 65.3 Å². The van der Waals surface area contributed by atoms with Gasteiger partial charge in [0.2, 0.25) is 5.91 Å². The maximum absolute atomic E-state index is 13.2. The summed E-state index contributed by atoms with van der Waals surface area (Å²) in [4.78, 5) is 17.9. The number of carbonyl (C=O) groups is 1. The Hall–Kier alpha value is -1.65. The minimum absolute atomic E-state index is 0.100. The van der Waals surface area contributed by atoms with Gasteiger partial charge >= 0.3 is 0 Å². The second-order valence-corrected chi connectivity index (χ2v) is 9.74. The van der Waals surface area contributed by atoms with Gasteiger partial charge in [0.15, 0.2) is 0 Å². The van der Waals surface area contributed by atoms with Crippen molar-refractivity contribution in [3.05, 3.63) is 70.2 Å². The molecule has 2 saturated heterocycles. The zero-order valence-electron chi connectivity index (χ0n) is 17.3. The number of rotatable bonds is 6. The highest BCUT2D eigenvalue weighted by Crippen LogP contribution is 2.42. The second kappa shape index (κ2) is 9.01. The molecule has 2 aromatic rings. The summed E-state index contributed by atoms with van der Waals surface area (Å²) in [6.45, 7) is 7.20. The molecule has 1 atom stereocenters. The van der Waals surface area contributed by atoms with Crippen LogP contribution in [0.3, 0.4) is 0 Å². The van der Waals surface area contributed by atoms with Gasteiger partial charge in [-0.2, -0.15) is 0 Å². The smallest absolute Gasteiger partial charge is 0.229 e. The third-order valence-electron chi connectivity index (χ3n) is 6.95. The minimum Gasteiger partial charge on any atom is -0.338 e. The molecule has 29 heavy (non-hydrogen) atoms. The summed E-state index contributed by atoms with van der Waals surface area (Å²) in [5.41, 5.74) is 2.54. The molecule has 4 heteroatoms. The van der Waals surface area contributed by atoms with Crippen LogP contribution in [0, 0.1) is 5.41 Å². The zero-order valence-corrected chi connectivity index (χ0v) is 18.9. The van der Waals surface area contributed by atoms with E-state index in [4.69, 9.17) is 0 Å². The predicted octanol–water partition coefficient (Wildman–Crippen LogP) is 5.46. The van der Waals surface area contributed by atoms with Gasteiger partial charge < -0.3 is 9.80 Å². The van der Waals surface area contributed by atoms with Crippen molar-refractivity contribution < 1.29 is 4.79 Å². The summed E-state index contributed by atoms with van der Waals surface area (Å²) in [7, 11) is 0. The van der Waals surface area contributed by atoms with Gasteiger partial charge in [0.1, 0.15) is 0 Å². The van der Waals surface area contributed by atoms with Crippen LogP contribution in [0.5, 0.6) is 0 Å². The van der Waals surface area contributed by atoms with Crippen molar-refractivity contribution in [1.82, 2.24) is 9.80 Å². The molecule has 0 bridgehead atoms. The van der Waals surface area contributed by atoms with E-state index < -0.39 is 0 Å². The first-order valence-electron chi connectivity index (χ1n) is 10.9. The summed E-state index contributed by atoms with van der Waals surface area (Å²) in [6.07, 6.45) is 4.24. The van der Waals surface area contributed by atoms with E-state index in [0.29, 0.717) is 11.8 Å². The third kappa shape index (κ3) is 4.75. The van der Waals surface area contributed by atoms with E-state index in [0.717, 1.165) is 56.5 Å². The van der Waals surface area contributed by atoms with Crippen molar-refractivity contribution in [2.24, 2.45) is 5.41 Å². The molecular formula is C25H31BrN2O. The number of hydrogen-bond donors (Lipinski definition) is 0. The molecule has 4 rings (SSSR count). The Morgan fingerprint density at radius 1 is 0.966 bits per heavy atom. The first-order valence-corrected chi connectivity index (χ1v) is 11.7. The van der Waals surface area contributed by atoms with Crippen molar-refractivity contribution in [3.63, 3.8) is 0 Å². The molecule has 154 valence electrons. The summed E-state index contributed by atoms with van der Waals surface area (Å²) < 4.78 is 1.08. The van der Waals surface area contributed by atoms with Gasteiger partial charge in [-0.05, 0) is 74.5 Å². The lowest BCUT2D eigenvalue weighted by atomic mass is 9.77. The molecule has 2 fully saturated rings. The molecule has 1 amide bonds. The molecule has 0 radical (unpaired) electrons. The van der Waals surface area contributed by atoms with Gasteiger partial charge in [0.25, 0.3) is 0 Å². The highest BCUT2D eigenvalue weighted by Gasteiger charge is 2.47. The quantitative estimate of drug-likeness (QED) is 0.578. The minimum atomic E-state index is -0.100. The Bertz CT molecular complexity index is 812. The summed E-state index contributed by atoms with van der Waals surface area (Å²) in [6, 6.07) is 19.1. The van der Waals surface area contributed by atoms with E-state index in [1.807, 2.05) is 0 Å². The Morgan fingerprint density at radius 3 is 2.31 bits per heavy atom. The lowest BCUT2D eigenvalue weighted by molar-refractivity contribution is -0.138. The molecule has 2 aromatic carbocycles. The van der Waals surface area contributed by atoms with Gasteiger partial charge in [0, 0.05) is 17.6 Å². The van der Waals surface area contributed by atoms with Crippen molar-refractivity contribution in [2.75, 3.05) is 26.2 Å². The Morgan fingerprint density at radius 2 is 1.62 bits per heavy atom. The SMILES string of the molecule is CC(CCN1CCC2(CC1)CCN(Cc1ccc(Br)cc1)C2=O)c1ccccc1. The van der Waals surface area contributed by atoms with E-state index >= 15 is 0 Å². The molecule has 0 aromatic heterocycles. The standard InChI is InChI=1S/C25H31BrN2O/c1-20(22-5-3-2-4-6-22)11-15-27-16-12-25(13-17-27)14-18-28(24(25)29)19-21-7-9-23(26)10-8-21/h2-10,20H,11-19H2,1H3. The fourth-order valence-electron chi connectivity index (χ4n) is 4.85. The average molecular weight is 455 g/mol. The van der Waals surface area contributed by atoms with Crippen LogP contribution in [0.1, 0.15) is 49.7 Å². The third-order valence-corrected chi connectivity index (χ3v) is 7.48. The van der Waals surface area contributed by atoms with Crippen molar-refractivity contribution in [3.8, 4) is 0 Å². The molecule has 0 N–H and O–H groups in total. The number of carbonyl (C=O) groups excluding carboxylic acids is 1. The van der Waals surface area contributed by atoms with Gasteiger partial charge in [-0.15, -0.1) is 0 Å². The Kier molecular flexibility index (Phi) is 6.41. The largest absolute Gasteiger partial charge is 0.338 e. The average Bonchev–Trinajstić information content (AvgIpc) is 3.05. The Labute approximate surface area is 183 Å². The molecule has 1 unspecified atom stereocenters. The number of piperidine rings is 1. The van der Waals surface area contributed by atoms with Crippen LogP contribution in [-0.4, -0.2) is 41.9 Å². The summed E-state index contributed by atoms with van der Waals surface area (Å²) in [5, 5.41) is 0. The number of nitrogens with zero attached hydrogens (tertiary/aromatic N) is 2. The van der Waals surface area contributed by atoms with E-state index in [-0.39, 0.29) is 5.41 Å². The lowest BCUT2D eigenvalue weighted by Crippen LogP contribution is -2.44. The first-order chi connectivity index (χ1) is 14.1. The van der Waals surface area contributed by atoms with Crippen LogP contribution < -0.4 is 0 Å². The van der Waals surface area contributed by atoms with E-state index in [1.165, 1.54) is 17.5 Å². The van der Waals surface area contributed by atoms with Gasteiger partial charge in [-0.25, -0.2) is 0 Å². The molecule has 2 heterocycles. The monoisotopic (exact) mass is 454 g/mol. The van der Waals surface area contributed by atoms with Crippen LogP contribution in [0.4, 0.5) is 0 Å². The van der Waals surface area contributed by atoms with Crippen molar-refractivity contribution in [1.29, 1.82) is 0 Å². The highest BCUT2D eigenvalue weighted by atomic mass is 79.9. The normalized spacial score (nSPS) is 20.3. The fourth-order valence-corrected chi connectivity index (χ4v) is 5.11. The predicted molar refractivity (Wildman–Crippen MR) is 122 cm³/mol. The molecule has 2 aliphatic heterocycles. The highest BCUT2D eigenvalue weighted by molar-refractivity contribution is 9.10. The van der Waals surface area contributed by atoms with Gasteiger partial charge in [0.05, 0.1) is 5.41 Å². The van der Waals surface area contributed by atoms with Crippen LogP contribution in [0.25, 0.3) is 0 Å². The number of amides is 1. The summed E-state index contributed by atoms with van der Waals surface area (Å²) >= 11 is 3.48. The first kappa shape index (κ1) is 20.6. The summed E-state index contributed by atoms with van der Waals surface area (Å²) in [5.74, 6) is 0.972. The lowest BCUT2D eigenvalue weighted by Gasteiger charge is -2.38. The number of likely N-dealkylation sites (tertiary alicyclic amines) is 2. The maximum Gasteiger partial charge on any atom is 0.229 e. The molecule has 0 saturated carbocycles. The topological polar surface area (TPSA) is 23.6 Å². The van der Waals surface area contributed by atoms with Crippen LogP contribution in [0.15, 0.2) is 59.1 Å². The molecule has 3 nitrogen and oxygen atoms in total. The van der Waals surface area contributed by atoms with E-state index in [2.05, 4.69) is 87.3 Å². The molecular weight excluding hydrogens is 424 g/mol. The van der Waals surface area contributed by atoms with Crippen LogP contribution in [-0.2, 0) is 11.3 Å². The van der Waals surface area contributed by atoms with E-state index in [1.54, 1.807) is 0 Å². The number of hydrogen-bond acceptors (Lipinski definition) is 2. The Balaban J connectivity index is 1.27. The number of benzene rings is 2. The molecule has 1 spiro atoms. The maximum atomic E-state index is 13.2. The molecule has 0 aliphatic carbocycles. The second-order valence-electron chi connectivity index (χ2n) is 8.83. The fraction of sp³-hybridized carbons (Fsp3) is 0.480. The molecule has 2 aliphatic rings. The number of halogens is 1. The van der Waals surface area contributed by atoms with Crippen LogP contribution in [0.2, 0.25) is 0 Å². The van der Waals surface area contributed by atoms with E-state index in [9.17, 15) is 4.79 Å². The zero-order chi connectivity index (χ0) is 20.3.